The normalized spacial score (nSPS) is 9.93. The van der Waals surface area contributed by atoms with Crippen LogP contribution in [-0.4, -0.2) is 12.1 Å². The molecule has 0 unspecified atom stereocenters. The predicted octanol–water partition coefficient (Wildman–Crippen LogP) is 2.78. The zero-order chi connectivity index (χ0) is 10.5. The maximum absolute atomic E-state index is 5.32. The van der Waals surface area contributed by atoms with Crippen LogP contribution in [0.3, 0.4) is 0 Å². The van der Waals surface area contributed by atoms with Crippen LogP contribution in [0.5, 0.6) is 0 Å². The molecule has 0 aliphatic heterocycles. The van der Waals surface area contributed by atoms with Gasteiger partial charge in [0.05, 0.1) is 24.7 Å². The van der Waals surface area contributed by atoms with Crippen molar-refractivity contribution in [1.82, 2.24) is 4.98 Å². The van der Waals surface area contributed by atoms with Gasteiger partial charge in [-0.2, -0.15) is 0 Å². The average Bonchev–Trinajstić information content (AvgIpc) is 2.33. The average molecular weight is 200 g/mol. The first-order valence-corrected chi connectivity index (χ1v) is 4.71. The molecule has 1 aromatic carbocycles. The minimum Gasteiger partial charge on any atom is -0.272 e. The van der Waals surface area contributed by atoms with Crippen molar-refractivity contribution in [2.24, 2.45) is 0 Å². The Morgan fingerprint density at radius 1 is 1.00 bits per heavy atom. The molecule has 1 aromatic heterocycles. The molecule has 0 saturated heterocycles. The van der Waals surface area contributed by atoms with Crippen molar-refractivity contribution in [2.45, 2.75) is 0 Å². The van der Waals surface area contributed by atoms with Crippen molar-refractivity contribution < 1.29 is 4.84 Å². The molecule has 1 heterocycles. The molecule has 3 nitrogen and oxygen atoms in total. The van der Waals surface area contributed by atoms with Crippen LogP contribution in [0.2, 0.25) is 0 Å². The van der Waals surface area contributed by atoms with Crippen molar-refractivity contribution >= 4 is 11.4 Å². The summed E-state index contributed by atoms with van der Waals surface area (Å²) in [7, 11) is 1.64. The van der Waals surface area contributed by atoms with Crippen molar-refractivity contribution in [3.05, 3.63) is 54.9 Å². The van der Waals surface area contributed by atoms with Crippen LogP contribution < -0.4 is 5.06 Å². The van der Waals surface area contributed by atoms with E-state index in [2.05, 4.69) is 4.98 Å². The van der Waals surface area contributed by atoms with Crippen LogP contribution in [0.15, 0.2) is 54.9 Å². The Morgan fingerprint density at radius 2 is 1.73 bits per heavy atom. The number of nitrogens with zero attached hydrogens (tertiary/aromatic N) is 2. The number of pyridine rings is 1. The first-order valence-electron chi connectivity index (χ1n) is 4.71. The molecule has 0 fully saturated rings. The fourth-order valence-corrected chi connectivity index (χ4v) is 1.40. The topological polar surface area (TPSA) is 25.4 Å². The van der Waals surface area contributed by atoms with Gasteiger partial charge in [0.2, 0.25) is 0 Å². The number of rotatable bonds is 3. The van der Waals surface area contributed by atoms with Crippen molar-refractivity contribution in [3.63, 3.8) is 0 Å². The van der Waals surface area contributed by atoms with E-state index in [0.29, 0.717) is 0 Å². The lowest BCUT2D eigenvalue weighted by Gasteiger charge is -2.20. The molecule has 0 spiro atoms. The summed E-state index contributed by atoms with van der Waals surface area (Å²) in [5.41, 5.74) is 1.89. The first-order chi connectivity index (χ1) is 7.42. The highest BCUT2D eigenvalue weighted by Gasteiger charge is 2.06. The maximum atomic E-state index is 5.32. The second kappa shape index (κ2) is 4.57. The largest absolute Gasteiger partial charge is 0.272 e. The molecule has 3 heteroatoms. The van der Waals surface area contributed by atoms with Gasteiger partial charge in [-0.05, 0) is 24.3 Å². The molecule has 76 valence electrons. The van der Waals surface area contributed by atoms with E-state index in [9.17, 15) is 0 Å². The van der Waals surface area contributed by atoms with Gasteiger partial charge in [0.1, 0.15) is 0 Å². The summed E-state index contributed by atoms with van der Waals surface area (Å²) in [5, 5.41) is 1.73. The van der Waals surface area contributed by atoms with Gasteiger partial charge in [0.15, 0.2) is 0 Å². The molecule has 0 amide bonds. The van der Waals surface area contributed by atoms with Crippen LogP contribution in [0.25, 0.3) is 0 Å². The van der Waals surface area contributed by atoms with Crippen LogP contribution in [0.1, 0.15) is 0 Å². The number of para-hydroxylation sites is 1. The predicted molar refractivity (Wildman–Crippen MR) is 59.8 cm³/mol. The van der Waals surface area contributed by atoms with Crippen LogP contribution in [-0.2, 0) is 4.84 Å². The molecular weight excluding hydrogens is 188 g/mol. The van der Waals surface area contributed by atoms with E-state index < -0.39 is 0 Å². The lowest BCUT2D eigenvalue weighted by atomic mass is 10.3. The molecule has 0 N–H and O–H groups in total. The number of benzene rings is 1. The van der Waals surface area contributed by atoms with Gasteiger partial charge >= 0.3 is 0 Å². The van der Waals surface area contributed by atoms with Gasteiger partial charge in [-0.3, -0.25) is 9.82 Å². The minimum absolute atomic E-state index is 0.909. The maximum Gasteiger partial charge on any atom is 0.0878 e. The molecule has 0 atom stereocenters. The third-order valence-corrected chi connectivity index (χ3v) is 2.05. The highest BCUT2D eigenvalue weighted by atomic mass is 16.7. The molecule has 0 bridgehead atoms. The second-order valence-electron chi connectivity index (χ2n) is 3.02. The lowest BCUT2D eigenvalue weighted by molar-refractivity contribution is 0.201. The quantitative estimate of drug-likeness (QED) is 0.712. The zero-order valence-electron chi connectivity index (χ0n) is 8.50. The van der Waals surface area contributed by atoms with Crippen molar-refractivity contribution in [1.29, 1.82) is 0 Å². The third kappa shape index (κ3) is 2.14. The fraction of sp³-hybridized carbons (Fsp3) is 0.0833. The van der Waals surface area contributed by atoms with E-state index in [0.717, 1.165) is 11.4 Å². The van der Waals surface area contributed by atoms with E-state index in [4.69, 9.17) is 4.84 Å². The van der Waals surface area contributed by atoms with Crippen LogP contribution >= 0.6 is 0 Å². The van der Waals surface area contributed by atoms with E-state index in [1.54, 1.807) is 24.6 Å². The summed E-state index contributed by atoms with van der Waals surface area (Å²) in [4.78, 5) is 9.37. The number of hydrogen-bond donors (Lipinski definition) is 0. The van der Waals surface area contributed by atoms with Gasteiger partial charge in [-0.1, -0.05) is 18.2 Å². The Bertz CT molecular complexity index is 363. The minimum atomic E-state index is 0.909. The standard InChI is InChI=1S/C12H12N2O/c1-15-14(11-6-3-2-4-7-11)12-8-5-9-13-10-12/h2-10H,1H3. The van der Waals surface area contributed by atoms with Crippen molar-refractivity contribution in [3.8, 4) is 0 Å². The van der Waals surface area contributed by atoms with Gasteiger partial charge in [-0.15, -0.1) is 0 Å². The summed E-state index contributed by atoms with van der Waals surface area (Å²) >= 11 is 0. The summed E-state index contributed by atoms with van der Waals surface area (Å²) < 4.78 is 0. The second-order valence-corrected chi connectivity index (χ2v) is 3.02. The van der Waals surface area contributed by atoms with Crippen LogP contribution in [0.4, 0.5) is 11.4 Å². The molecular formula is C12H12N2O. The molecule has 0 aliphatic rings. The Labute approximate surface area is 88.9 Å². The fourth-order valence-electron chi connectivity index (χ4n) is 1.40. The zero-order valence-corrected chi connectivity index (χ0v) is 8.50. The Morgan fingerprint density at radius 3 is 2.33 bits per heavy atom. The lowest BCUT2D eigenvalue weighted by Crippen LogP contribution is -2.14. The Balaban J connectivity index is 2.34. The molecule has 2 aromatic rings. The molecule has 0 radical (unpaired) electrons. The Hall–Kier alpha value is -1.87. The monoisotopic (exact) mass is 200 g/mol. The number of anilines is 2. The highest BCUT2D eigenvalue weighted by molar-refractivity contribution is 5.58. The molecule has 15 heavy (non-hydrogen) atoms. The number of hydrogen-bond acceptors (Lipinski definition) is 3. The SMILES string of the molecule is CON(c1ccccc1)c1cccnc1. The third-order valence-electron chi connectivity index (χ3n) is 2.05. The van der Waals surface area contributed by atoms with E-state index in [-0.39, 0.29) is 0 Å². The van der Waals surface area contributed by atoms with Crippen molar-refractivity contribution in [2.75, 3.05) is 12.2 Å². The van der Waals surface area contributed by atoms with Gasteiger partial charge in [0.25, 0.3) is 0 Å². The first kappa shape index (κ1) is 9.68. The van der Waals surface area contributed by atoms with E-state index in [1.807, 2.05) is 42.5 Å². The highest BCUT2D eigenvalue weighted by Crippen LogP contribution is 2.23. The number of aromatic nitrogens is 1. The van der Waals surface area contributed by atoms with Crippen LogP contribution in [0, 0.1) is 0 Å². The summed E-state index contributed by atoms with van der Waals surface area (Å²) in [6.45, 7) is 0. The summed E-state index contributed by atoms with van der Waals surface area (Å²) in [6.07, 6.45) is 3.50. The van der Waals surface area contributed by atoms with E-state index >= 15 is 0 Å². The molecule has 0 saturated carbocycles. The van der Waals surface area contributed by atoms with Gasteiger partial charge < -0.3 is 0 Å². The van der Waals surface area contributed by atoms with Gasteiger partial charge in [-0.25, -0.2) is 5.06 Å². The smallest absolute Gasteiger partial charge is 0.0878 e. The van der Waals surface area contributed by atoms with Gasteiger partial charge in [0, 0.05) is 6.20 Å². The Kier molecular flexibility index (Phi) is 2.95. The summed E-state index contributed by atoms with van der Waals surface area (Å²) in [5.74, 6) is 0. The summed E-state index contributed by atoms with van der Waals surface area (Å²) in [6, 6.07) is 13.7. The van der Waals surface area contributed by atoms with E-state index in [1.165, 1.54) is 0 Å². The molecule has 0 aliphatic carbocycles. The molecule has 2 rings (SSSR count).